The zero-order valence-corrected chi connectivity index (χ0v) is 16.3. The van der Waals surface area contributed by atoms with E-state index in [1.807, 2.05) is 29.0 Å². The molecule has 2 amide bonds. The number of fused-ring (bicyclic) bond motifs is 1. The fourth-order valence-corrected chi connectivity index (χ4v) is 4.17. The summed E-state index contributed by atoms with van der Waals surface area (Å²) >= 11 is 5.89. The second kappa shape index (κ2) is 7.09. The molecule has 0 aliphatic carbocycles. The normalized spacial score (nSPS) is 18.0. The van der Waals surface area contributed by atoms with Gasteiger partial charge in [-0.3, -0.25) is 9.59 Å². The molecule has 4 rings (SSSR count). The molecule has 1 spiro atoms. The summed E-state index contributed by atoms with van der Waals surface area (Å²) in [6.45, 7) is 1.06. The van der Waals surface area contributed by atoms with Gasteiger partial charge in [-0.15, -0.1) is 0 Å². The lowest BCUT2D eigenvalue weighted by Crippen LogP contribution is -2.67. The third kappa shape index (κ3) is 3.33. The highest BCUT2D eigenvalue weighted by Crippen LogP contribution is 2.36. The van der Waals surface area contributed by atoms with Gasteiger partial charge in [0.25, 0.3) is 5.91 Å². The summed E-state index contributed by atoms with van der Waals surface area (Å²) < 4.78 is 13.7. The SMILES string of the molecule is CN1c2cc(F)ccc2C(=O)NC12CCN(C(=O)Cc1ccc(Cl)cc1)CC2. The zero-order chi connectivity index (χ0) is 19.9. The summed E-state index contributed by atoms with van der Waals surface area (Å²) in [5, 5.41) is 3.73. The lowest BCUT2D eigenvalue weighted by molar-refractivity contribution is -0.132. The highest BCUT2D eigenvalue weighted by Gasteiger charge is 2.44. The van der Waals surface area contributed by atoms with Gasteiger partial charge in [0.2, 0.25) is 5.91 Å². The first-order chi connectivity index (χ1) is 13.4. The van der Waals surface area contributed by atoms with Crippen LogP contribution in [0.4, 0.5) is 10.1 Å². The van der Waals surface area contributed by atoms with Gasteiger partial charge in [-0.05, 0) is 35.9 Å². The van der Waals surface area contributed by atoms with Gasteiger partial charge in [0.1, 0.15) is 11.5 Å². The van der Waals surface area contributed by atoms with Gasteiger partial charge in [0.15, 0.2) is 0 Å². The molecule has 1 saturated heterocycles. The van der Waals surface area contributed by atoms with Crippen LogP contribution in [0.15, 0.2) is 42.5 Å². The van der Waals surface area contributed by atoms with Crippen molar-refractivity contribution in [3.63, 3.8) is 0 Å². The van der Waals surface area contributed by atoms with E-state index in [9.17, 15) is 14.0 Å². The van der Waals surface area contributed by atoms with Crippen LogP contribution in [0.5, 0.6) is 0 Å². The van der Waals surface area contributed by atoms with Crippen LogP contribution < -0.4 is 10.2 Å². The molecular formula is C21H21ClFN3O2. The molecule has 0 atom stereocenters. The Morgan fingerprint density at radius 1 is 1.18 bits per heavy atom. The molecular weight excluding hydrogens is 381 g/mol. The molecule has 2 aromatic rings. The summed E-state index contributed by atoms with van der Waals surface area (Å²) in [7, 11) is 1.86. The quantitative estimate of drug-likeness (QED) is 0.840. The summed E-state index contributed by atoms with van der Waals surface area (Å²) in [5.41, 5.74) is 1.37. The van der Waals surface area contributed by atoms with Crippen molar-refractivity contribution in [1.29, 1.82) is 0 Å². The predicted molar refractivity (Wildman–Crippen MR) is 106 cm³/mol. The van der Waals surface area contributed by atoms with Gasteiger partial charge in [-0.1, -0.05) is 23.7 Å². The topological polar surface area (TPSA) is 52.7 Å². The molecule has 0 unspecified atom stereocenters. The minimum Gasteiger partial charge on any atom is -0.351 e. The second-order valence-electron chi connectivity index (χ2n) is 7.39. The Morgan fingerprint density at radius 3 is 2.54 bits per heavy atom. The monoisotopic (exact) mass is 401 g/mol. The molecule has 0 radical (unpaired) electrons. The first kappa shape index (κ1) is 18.7. The van der Waals surface area contributed by atoms with Crippen molar-refractivity contribution in [2.75, 3.05) is 25.0 Å². The van der Waals surface area contributed by atoms with Gasteiger partial charge < -0.3 is 15.1 Å². The molecule has 2 aromatic carbocycles. The second-order valence-corrected chi connectivity index (χ2v) is 7.83. The molecule has 7 heteroatoms. The van der Waals surface area contributed by atoms with Gasteiger partial charge in [-0.25, -0.2) is 4.39 Å². The van der Waals surface area contributed by atoms with E-state index in [-0.39, 0.29) is 17.6 Å². The van der Waals surface area contributed by atoms with Crippen LogP contribution >= 0.6 is 11.6 Å². The van der Waals surface area contributed by atoms with E-state index in [2.05, 4.69) is 5.32 Å². The Bertz CT molecular complexity index is 924. The average Bonchev–Trinajstić information content (AvgIpc) is 2.68. The van der Waals surface area contributed by atoms with Crippen LogP contribution in [-0.2, 0) is 11.2 Å². The highest BCUT2D eigenvalue weighted by molar-refractivity contribution is 6.30. The Morgan fingerprint density at radius 2 is 1.86 bits per heavy atom. The number of benzene rings is 2. The van der Waals surface area contributed by atoms with E-state index < -0.39 is 5.66 Å². The van der Waals surface area contributed by atoms with Crippen molar-refractivity contribution in [3.05, 3.63) is 64.4 Å². The number of hydrogen-bond donors (Lipinski definition) is 1. The van der Waals surface area contributed by atoms with E-state index in [0.717, 1.165) is 5.56 Å². The van der Waals surface area contributed by atoms with Gasteiger partial charge in [-0.2, -0.15) is 0 Å². The number of anilines is 1. The molecule has 28 heavy (non-hydrogen) atoms. The summed E-state index contributed by atoms with van der Waals surface area (Å²) in [4.78, 5) is 29.0. The number of rotatable bonds is 2. The third-order valence-electron chi connectivity index (χ3n) is 5.77. The lowest BCUT2D eigenvalue weighted by atomic mass is 9.90. The number of halogens is 2. The van der Waals surface area contributed by atoms with Crippen LogP contribution in [0.25, 0.3) is 0 Å². The smallest absolute Gasteiger partial charge is 0.255 e. The highest BCUT2D eigenvalue weighted by atomic mass is 35.5. The van der Waals surface area contributed by atoms with Crippen molar-refractivity contribution in [2.24, 2.45) is 0 Å². The molecule has 2 heterocycles. The number of carbonyl (C=O) groups is 2. The number of nitrogens with one attached hydrogen (secondary N) is 1. The molecule has 0 aromatic heterocycles. The molecule has 1 N–H and O–H groups in total. The molecule has 146 valence electrons. The van der Waals surface area contributed by atoms with Crippen LogP contribution in [0.1, 0.15) is 28.8 Å². The van der Waals surface area contributed by atoms with Crippen molar-refractivity contribution < 1.29 is 14.0 Å². The van der Waals surface area contributed by atoms with Crippen molar-refractivity contribution >= 4 is 29.1 Å². The maximum Gasteiger partial charge on any atom is 0.255 e. The summed E-state index contributed by atoms with van der Waals surface area (Å²) in [6, 6.07) is 11.5. The Labute approximate surface area is 168 Å². The molecule has 0 bridgehead atoms. The Kier molecular flexibility index (Phi) is 4.75. The minimum atomic E-state index is -0.602. The predicted octanol–water partition coefficient (Wildman–Crippen LogP) is 3.22. The maximum atomic E-state index is 13.7. The number of nitrogens with zero attached hydrogens (tertiary/aromatic N) is 2. The zero-order valence-electron chi connectivity index (χ0n) is 15.5. The largest absolute Gasteiger partial charge is 0.351 e. The standard InChI is InChI=1S/C21H21ClFN3O2/c1-25-18-13-16(23)6-7-17(18)20(28)24-21(25)8-10-26(11-9-21)19(27)12-14-2-4-15(22)5-3-14/h2-7,13H,8-12H2,1H3,(H,24,28). The van der Waals surface area contributed by atoms with Crippen LogP contribution in [-0.4, -0.2) is 42.5 Å². The van der Waals surface area contributed by atoms with E-state index in [1.54, 1.807) is 12.1 Å². The van der Waals surface area contributed by atoms with E-state index in [0.29, 0.717) is 48.6 Å². The Hall–Kier alpha value is -2.60. The number of hydrogen-bond acceptors (Lipinski definition) is 3. The number of carbonyl (C=O) groups excluding carboxylic acids is 2. The molecule has 2 aliphatic heterocycles. The van der Waals surface area contributed by atoms with Crippen LogP contribution in [0, 0.1) is 5.82 Å². The maximum absolute atomic E-state index is 13.7. The molecule has 2 aliphatic rings. The minimum absolute atomic E-state index is 0.0495. The number of likely N-dealkylation sites (tertiary alicyclic amines) is 1. The fourth-order valence-electron chi connectivity index (χ4n) is 4.04. The number of piperidine rings is 1. The summed E-state index contributed by atoms with van der Waals surface area (Å²) in [5.74, 6) is -0.520. The van der Waals surface area contributed by atoms with Crippen molar-refractivity contribution in [2.45, 2.75) is 24.9 Å². The van der Waals surface area contributed by atoms with E-state index in [4.69, 9.17) is 11.6 Å². The van der Waals surface area contributed by atoms with E-state index in [1.165, 1.54) is 18.2 Å². The molecule has 0 saturated carbocycles. The summed E-state index contributed by atoms with van der Waals surface area (Å²) in [6.07, 6.45) is 1.48. The van der Waals surface area contributed by atoms with Crippen LogP contribution in [0.3, 0.4) is 0 Å². The lowest BCUT2D eigenvalue weighted by Gasteiger charge is -2.51. The van der Waals surface area contributed by atoms with E-state index >= 15 is 0 Å². The first-order valence-corrected chi connectivity index (χ1v) is 9.64. The first-order valence-electron chi connectivity index (χ1n) is 9.26. The van der Waals surface area contributed by atoms with Gasteiger partial charge in [0, 0.05) is 38.0 Å². The Balaban J connectivity index is 1.46. The van der Waals surface area contributed by atoms with Gasteiger partial charge in [0.05, 0.1) is 17.7 Å². The van der Waals surface area contributed by atoms with Crippen molar-refractivity contribution in [1.82, 2.24) is 10.2 Å². The molecule has 5 nitrogen and oxygen atoms in total. The van der Waals surface area contributed by atoms with Crippen molar-refractivity contribution in [3.8, 4) is 0 Å². The number of amides is 2. The van der Waals surface area contributed by atoms with Crippen LogP contribution in [0.2, 0.25) is 5.02 Å². The fraction of sp³-hybridized carbons (Fsp3) is 0.333. The molecule has 1 fully saturated rings. The third-order valence-corrected chi connectivity index (χ3v) is 6.02. The average molecular weight is 402 g/mol. The van der Waals surface area contributed by atoms with Gasteiger partial charge >= 0.3 is 0 Å².